The number of benzene rings is 2. The Morgan fingerprint density at radius 3 is 2.71 bits per heavy atom. The van der Waals surface area contributed by atoms with Crippen molar-refractivity contribution in [1.29, 1.82) is 0 Å². The minimum absolute atomic E-state index is 0.124. The minimum Gasteiger partial charge on any atom is -0.497 e. The first-order valence-electron chi connectivity index (χ1n) is 9.52. The van der Waals surface area contributed by atoms with E-state index in [-0.39, 0.29) is 24.8 Å². The van der Waals surface area contributed by atoms with E-state index in [9.17, 15) is 19.2 Å². The van der Waals surface area contributed by atoms with Crippen molar-refractivity contribution in [2.24, 2.45) is 0 Å². The molecule has 1 unspecified atom stereocenters. The number of fused-ring (bicyclic) bond motifs is 2. The molecule has 9 nitrogen and oxygen atoms in total. The summed E-state index contributed by atoms with van der Waals surface area (Å²) in [7, 11) is 1.52. The van der Waals surface area contributed by atoms with Crippen LogP contribution in [0.3, 0.4) is 0 Å². The number of urea groups is 1. The molecule has 4 amide bonds. The minimum atomic E-state index is -1.60. The number of methoxy groups -OCH3 is 1. The molecule has 3 heterocycles. The highest BCUT2D eigenvalue weighted by atomic mass is 16.5. The molecule has 156 valence electrons. The third kappa shape index (κ3) is 2.85. The molecule has 1 saturated heterocycles. The molecule has 31 heavy (non-hydrogen) atoms. The number of imide groups is 1. The van der Waals surface area contributed by atoms with Crippen LogP contribution in [0, 0.1) is 0 Å². The smallest absolute Gasteiger partial charge is 0.322 e. The van der Waals surface area contributed by atoms with Crippen LogP contribution >= 0.6 is 0 Å². The van der Waals surface area contributed by atoms with Gasteiger partial charge in [-0.3, -0.25) is 19.7 Å². The summed E-state index contributed by atoms with van der Waals surface area (Å²) >= 11 is 0. The van der Waals surface area contributed by atoms with Crippen molar-refractivity contribution >= 4 is 35.1 Å². The van der Waals surface area contributed by atoms with Gasteiger partial charge < -0.3 is 19.4 Å². The monoisotopic (exact) mass is 419 g/mol. The van der Waals surface area contributed by atoms with E-state index >= 15 is 0 Å². The number of carbonyl (C=O) groups excluding carboxylic acids is 4. The molecule has 3 aromatic rings. The lowest BCUT2D eigenvalue weighted by Crippen LogP contribution is -2.52. The van der Waals surface area contributed by atoms with Gasteiger partial charge in [0.1, 0.15) is 23.4 Å². The van der Waals surface area contributed by atoms with Gasteiger partial charge in [-0.15, -0.1) is 0 Å². The van der Waals surface area contributed by atoms with Crippen molar-refractivity contribution in [3.05, 3.63) is 64.9 Å². The summed E-state index contributed by atoms with van der Waals surface area (Å²) in [5, 5.41) is 5.48. The Balaban J connectivity index is 1.55. The fourth-order valence-electron chi connectivity index (χ4n) is 4.08. The molecule has 2 aliphatic rings. The molecule has 2 N–H and O–H groups in total. The van der Waals surface area contributed by atoms with Gasteiger partial charge in [0.25, 0.3) is 11.8 Å². The molecule has 0 radical (unpaired) electrons. The maximum Gasteiger partial charge on any atom is 0.322 e. The summed E-state index contributed by atoms with van der Waals surface area (Å²) in [5.74, 6) is -0.163. The molecule has 2 aliphatic heterocycles. The number of amides is 4. The predicted octanol–water partition coefficient (Wildman–Crippen LogP) is 1.94. The first kappa shape index (κ1) is 18.9. The van der Waals surface area contributed by atoms with E-state index in [1.807, 2.05) is 0 Å². The average Bonchev–Trinajstić information content (AvgIpc) is 3.41. The van der Waals surface area contributed by atoms with E-state index < -0.39 is 17.5 Å². The zero-order valence-electron chi connectivity index (χ0n) is 16.4. The van der Waals surface area contributed by atoms with Crippen LogP contribution in [-0.2, 0) is 16.9 Å². The highest BCUT2D eigenvalue weighted by molar-refractivity contribution is 6.08. The standard InChI is InChI=1S/C22H17N3O6/c1-30-15-4-3-13-9-25(19(27)16(13)8-15)11-22(20(28)23-21(29)24-22)18-7-14-6-12(10-26)2-5-17(14)31-18/h2-8,10H,9,11H2,1H3,(H2,23,24,28,29). The Hall–Kier alpha value is -4.14. The van der Waals surface area contributed by atoms with Crippen LogP contribution < -0.4 is 15.4 Å². The number of rotatable bonds is 5. The van der Waals surface area contributed by atoms with Crippen LogP contribution in [-0.4, -0.2) is 42.7 Å². The van der Waals surface area contributed by atoms with Gasteiger partial charge >= 0.3 is 6.03 Å². The van der Waals surface area contributed by atoms with E-state index in [4.69, 9.17) is 9.15 Å². The molecule has 0 aliphatic carbocycles. The van der Waals surface area contributed by atoms with E-state index in [1.165, 1.54) is 12.0 Å². The molecule has 0 saturated carbocycles. The van der Waals surface area contributed by atoms with Crippen LogP contribution in [0.15, 0.2) is 46.9 Å². The van der Waals surface area contributed by atoms with Crippen molar-refractivity contribution in [3.63, 3.8) is 0 Å². The van der Waals surface area contributed by atoms with Gasteiger partial charge in [0.15, 0.2) is 5.54 Å². The molecule has 0 spiro atoms. The molecule has 1 atom stereocenters. The van der Waals surface area contributed by atoms with E-state index in [2.05, 4.69) is 10.6 Å². The lowest BCUT2D eigenvalue weighted by molar-refractivity contribution is -0.125. The number of nitrogens with zero attached hydrogens (tertiary/aromatic N) is 1. The first-order valence-corrected chi connectivity index (χ1v) is 9.52. The van der Waals surface area contributed by atoms with Gasteiger partial charge in [0.05, 0.1) is 13.7 Å². The van der Waals surface area contributed by atoms with Crippen LogP contribution in [0.1, 0.15) is 32.0 Å². The third-order valence-corrected chi connectivity index (χ3v) is 5.66. The summed E-state index contributed by atoms with van der Waals surface area (Å²) in [6.45, 7) is 0.152. The fourth-order valence-corrected chi connectivity index (χ4v) is 4.08. The highest BCUT2D eigenvalue weighted by Gasteiger charge is 2.53. The number of carbonyl (C=O) groups is 4. The topological polar surface area (TPSA) is 118 Å². The zero-order chi connectivity index (χ0) is 21.8. The number of hydrogen-bond acceptors (Lipinski definition) is 6. The van der Waals surface area contributed by atoms with Crippen molar-refractivity contribution in [2.45, 2.75) is 12.1 Å². The normalized spacial score (nSPS) is 20.0. The van der Waals surface area contributed by atoms with E-state index in [0.717, 1.165) is 5.56 Å². The molecule has 0 bridgehead atoms. The Kier molecular flexibility index (Phi) is 4.07. The SMILES string of the molecule is COc1ccc2c(c1)C(=O)N(CC1(c3cc4cc(C=O)ccc4o3)NC(=O)NC1=O)C2. The number of nitrogens with one attached hydrogen (secondary N) is 2. The van der Waals surface area contributed by atoms with Gasteiger partial charge in [-0.1, -0.05) is 6.07 Å². The van der Waals surface area contributed by atoms with Crippen molar-refractivity contribution in [3.8, 4) is 5.75 Å². The van der Waals surface area contributed by atoms with Gasteiger partial charge in [0, 0.05) is 23.1 Å². The average molecular weight is 419 g/mol. The van der Waals surface area contributed by atoms with Crippen molar-refractivity contribution < 1.29 is 28.3 Å². The van der Waals surface area contributed by atoms with Crippen LogP contribution in [0.2, 0.25) is 0 Å². The summed E-state index contributed by atoms with van der Waals surface area (Å²) in [6, 6.07) is 11.0. The lowest BCUT2D eigenvalue weighted by Gasteiger charge is -2.29. The second-order valence-corrected chi connectivity index (χ2v) is 7.52. The second kappa shape index (κ2) is 6.69. The molecule has 1 fully saturated rings. The fraction of sp³-hybridized carbons (Fsp3) is 0.182. The number of hydrogen-bond donors (Lipinski definition) is 2. The summed E-state index contributed by atoms with van der Waals surface area (Å²) in [6.07, 6.45) is 0.709. The third-order valence-electron chi connectivity index (χ3n) is 5.66. The first-order chi connectivity index (χ1) is 14.9. The molecular weight excluding hydrogens is 402 g/mol. The maximum atomic E-state index is 13.0. The lowest BCUT2D eigenvalue weighted by atomic mass is 9.95. The Morgan fingerprint density at radius 2 is 2.00 bits per heavy atom. The van der Waals surface area contributed by atoms with E-state index in [1.54, 1.807) is 42.5 Å². The Labute approximate surface area is 175 Å². The summed E-state index contributed by atoms with van der Waals surface area (Å²) in [5.41, 5.74) is 0.590. The van der Waals surface area contributed by atoms with E-state index in [0.29, 0.717) is 34.1 Å². The predicted molar refractivity (Wildman–Crippen MR) is 108 cm³/mol. The van der Waals surface area contributed by atoms with Crippen LogP contribution in [0.5, 0.6) is 5.75 Å². The highest BCUT2D eigenvalue weighted by Crippen LogP contribution is 2.35. The molecule has 2 aromatic carbocycles. The molecule has 1 aromatic heterocycles. The summed E-state index contributed by atoms with van der Waals surface area (Å²) < 4.78 is 11.1. The zero-order valence-corrected chi connectivity index (χ0v) is 16.4. The van der Waals surface area contributed by atoms with Gasteiger partial charge in [-0.2, -0.15) is 0 Å². The van der Waals surface area contributed by atoms with Crippen LogP contribution in [0.25, 0.3) is 11.0 Å². The summed E-state index contributed by atoms with van der Waals surface area (Å²) in [4.78, 5) is 50.6. The quantitative estimate of drug-likeness (QED) is 0.482. The van der Waals surface area contributed by atoms with Crippen molar-refractivity contribution in [1.82, 2.24) is 15.5 Å². The maximum absolute atomic E-state index is 13.0. The van der Waals surface area contributed by atoms with Crippen LogP contribution in [0.4, 0.5) is 4.79 Å². The molecule has 9 heteroatoms. The molecular formula is C22H17N3O6. The second-order valence-electron chi connectivity index (χ2n) is 7.52. The van der Waals surface area contributed by atoms with Gasteiger partial charge in [0.2, 0.25) is 0 Å². The van der Waals surface area contributed by atoms with Gasteiger partial charge in [-0.25, -0.2) is 4.79 Å². The Bertz CT molecular complexity index is 1280. The Morgan fingerprint density at radius 1 is 1.16 bits per heavy atom. The van der Waals surface area contributed by atoms with Crippen molar-refractivity contribution in [2.75, 3.05) is 13.7 Å². The number of furan rings is 1. The number of ether oxygens (including phenoxy) is 1. The largest absolute Gasteiger partial charge is 0.497 e. The number of aldehydes is 1. The van der Waals surface area contributed by atoms with Gasteiger partial charge in [-0.05, 0) is 42.0 Å². The molecule has 5 rings (SSSR count).